The molecule has 2 aromatic carbocycles. The number of nitrogens with one attached hydrogen (secondary N) is 2. The fourth-order valence-corrected chi connectivity index (χ4v) is 3.46. The third-order valence-corrected chi connectivity index (χ3v) is 4.99. The first-order valence-electron chi connectivity index (χ1n) is 7.51. The second-order valence-corrected chi connectivity index (χ2v) is 7.08. The molecule has 3 aromatic rings. The van der Waals surface area contributed by atoms with Crippen molar-refractivity contribution in [2.75, 3.05) is 5.32 Å². The zero-order valence-corrected chi connectivity index (χ0v) is 14.9. The fraction of sp³-hybridized carbons (Fsp3) is 0.111. The summed E-state index contributed by atoms with van der Waals surface area (Å²) < 4.78 is 1.01. The second kappa shape index (κ2) is 6.07. The lowest BCUT2D eigenvalue weighted by Gasteiger charge is -2.23. The Bertz CT molecular complexity index is 903. The molecule has 1 aromatic heterocycles. The molecule has 4 nitrogen and oxygen atoms in total. The molecule has 0 bridgehead atoms. The van der Waals surface area contributed by atoms with Crippen LogP contribution in [0.25, 0.3) is 11.3 Å². The van der Waals surface area contributed by atoms with E-state index in [4.69, 9.17) is 11.6 Å². The Kier molecular flexibility index (Phi) is 3.90. The van der Waals surface area contributed by atoms with E-state index in [2.05, 4.69) is 31.4 Å². The molecule has 1 aliphatic heterocycles. The quantitative estimate of drug-likeness (QED) is 0.636. The summed E-state index contributed by atoms with van der Waals surface area (Å²) in [5, 5.41) is 10.9. The molecule has 1 atom stereocenters. The molecular formula is C18H13BrClN3O. The summed E-state index contributed by atoms with van der Waals surface area (Å²) in [6.45, 7) is 0. The van der Waals surface area contributed by atoms with Crippen molar-refractivity contribution in [3.8, 4) is 11.3 Å². The van der Waals surface area contributed by atoms with Crippen LogP contribution < -0.4 is 5.32 Å². The molecule has 4 rings (SSSR count). The van der Waals surface area contributed by atoms with Gasteiger partial charge in [-0.05, 0) is 29.8 Å². The number of amides is 1. The SMILES string of the molecule is O=C1C[C@@H](c2ccc(Br)cc2)c2c(n[nH]c2-c2ccc(Cl)cc2)N1. The first kappa shape index (κ1) is 15.4. The van der Waals surface area contributed by atoms with Crippen LogP contribution in [0.2, 0.25) is 5.02 Å². The molecule has 1 aliphatic rings. The summed E-state index contributed by atoms with van der Waals surface area (Å²) in [5.41, 5.74) is 4.01. The predicted octanol–water partition coefficient (Wildman–Crippen LogP) is 4.97. The second-order valence-electron chi connectivity index (χ2n) is 5.72. The van der Waals surface area contributed by atoms with E-state index in [9.17, 15) is 4.79 Å². The van der Waals surface area contributed by atoms with Crippen molar-refractivity contribution < 1.29 is 4.79 Å². The van der Waals surface area contributed by atoms with E-state index < -0.39 is 0 Å². The van der Waals surface area contributed by atoms with Crippen LogP contribution in [0, 0.1) is 0 Å². The highest BCUT2D eigenvalue weighted by atomic mass is 79.9. The van der Waals surface area contributed by atoms with E-state index in [1.165, 1.54) is 0 Å². The van der Waals surface area contributed by atoms with Gasteiger partial charge in [-0.15, -0.1) is 0 Å². The number of aromatic nitrogens is 2. The number of benzene rings is 2. The van der Waals surface area contributed by atoms with E-state index in [1.807, 2.05) is 48.5 Å². The number of carbonyl (C=O) groups excluding carboxylic acids is 1. The first-order chi connectivity index (χ1) is 11.6. The summed E-state index contributed by atoms with van der Waals surface area (Å²) in [4.78, 5) is 12.1. The first-order valence-corrected chi connectivity index (χ1v) is 8.68. The number of carbonyl (C=O) groups is 1. The minimum Gasteiger partial charge on any atom is -0.309 e. The number of halogens is 2. The molecule has 0 unspecified atom stereocenters. The van der Waals surface area contributed by atoms with Crippen LogP contribution in [0.3, 0.4) is 0 Å². The third kappa shape index (κ3) is 2.74. The normalized spacial score (nSPS) is 16.6. The molecule has 2 N–H and O–H groups in total. The van der Waals surface area contributed by atoms with Gasteiger partial charge in [-0.2, -0.15) is 5.10 Å². The summed E-state index contributed by atoms with van der Waals surface area (Å²) >= 11 is 9.44. The van der Waals surface area contributed by atoms with Crippen LogP contribution in [0.1, 0.15) is 23.5 Å². The fourth-order valence-electron chi connectivity index (χ4n) is 3.07. The Morgan fingerprint density at radius 3 is 2.50 bits per heavy atom. The molecular weight excluding hydrogens is 390 g/mol. The van der Waals surface area contributed by atoms with Gasteiger partial charge in [-0.25, -0.2) is 0 Å². The van der Waals surface area contributed by atoms with E-state index in [0.29, 0.717) is 17.3 Å². The minimum atomic E-state index is -0.0359. The van der Waals surface area contributed by atoms with Crippen LogP contribution in [0.15, 0.2) is 53.0 Å². The maximum absolute atomic E-state index is 12.1. The van der Waals surface area contributed by atoms with Crippen molar-refractivity contribution in [3.63, 3.8) is 0 Å². The molecule has 0 saturated heterocycles. The van der Waals surface area contributed by atoms with Crippen molar-refractivity contribution in [3.05, 3.63) is 69.2 Å². The molecule has 0 radical (unpaired) electrons. The summed E-state index contributed by atoms with van der Waals surface area (Å²) in [6.07, 6.45) is 0.398. The van der Waals surface area contributed by atoms with Crippen LogP contribution in [0.4, 0.5) is 5.82 Å². The minimum absolute atomic E-state index is 0.0235. The molecule has 120 valence electrons. The predicted molar refractivity (Wildman–Crippen MR) is 98.3 cm³/mol. The molecule has 24 heavy (non-hydrogen) atoms. The molecule has 2 heterocycles. The van der Waals surface area contributed by atoms with Gasteiger partial charge < -0.3 is 5.32 Å². The summed E-state index contributed by atoms with van der Waals surface area (Å²) in [5.74, 6) is 0.542. The van der Waals surface area contributed by atoms with Gasteiger partial charge in [0.15, 0.2) is 5.82 Å². The van der Waals surface area contributed by atoms with Gasteiger partial charge >= 0.3 is 0 Å². The molecule has 0 aliphatic carbocycles. The Morgan fingerprint density at radius 1 is 1.08 bits per heavy atom. The average Bonchev–Trinajstić information content (AvgIpc) is 2.99. The van der Waals surface area contributed by atoms with Crippen LogP contribution >= 0.6 is 27.5 Å². The smallest absolute Gasteiger partial charge is 0.226 e. The maximum atomic E-state index is 12.1. The highest BCUT2D eigenvalue weighted by Gasteiger charge is 2.31. The van der Waals surface area contributed by atoms with Crippen LogP contribution in [-0.4, -0.2) is 16.1 Å². The Balaban J connectivity index is 1.85. The van der Waals surface area contributed by atoms with E-state index in [-0.39, 0.29) is 11.8 Å². The lowest BCUT2D eigenvalue weighted by Crippen LogP contribution is -2.23. The lowest BCUT2D eigenvalue weighted by atomic mass is 9.84. The number of nitrogens with zero attached hydrogens (tertiary/aromatic N) is 1. The van der Waals surface area contributed by atoms with Gasteiger partial charge in [-0.1, -0.05) is 51.8 Å². The lowest BCUT2D eigenvalue weighted by molar-refractivity contribution is -0.116. The van der Waals surface area contributed by atoms with Gasteiger partial charge in [0, 0.05) is 33.0 Å². The number of H-pyrrole nitrogens is 1. The van der Waals surface area contributed by atoms with E-state index in [0.717, 1.165) is 26.9 Å². The number of fused-ring (bicyclic) bond motifs is 1. The Labute approximate surface area is 152 Å². The van der Waals surface area contributed by atoms with Crippen molar-refractivity contribution in [1.82, 2.24) is 10.2 Å². The van der Waals surface area contributed by atoms with Gasteiger partial charge in [0.25, 0.3) is 0 Å². The number of anilines is 1. The number of hydrogen-bond donors (Lipinski definition) is 2. The number of rotatable bonds is 2. The van der Waals surface area contributed by atoms with Gasteiger partial charge in [0.2, 0.25) is 5.91 Å². The molecule has 1 amide bonds. The van der Waals surface area contributed by atoms with Crippen molar-refractivity contribution >= 4 is 39.3 Å². The van der Waals surface area contributed by atoms with Crippen LogP contribution in [-0.2, 0) is 4.79 Å². The number of hydrogen-bond acceptors (Lipinski definition) is 2. The average molecular weight is 403 g/mol. The largest absolute Gasteiger partial charge is 0.309 e. The standard InChI is InChI=1S/C18H13BrClN3O/c19-12-5-1-10(2-6-12)14-9-15(24)21-18-16(14)17(22-23-18)11-3-7-13(20)8-4-11/h1-8,14H,9H2,(H2,21,22,23,24)/t14-/m0/s1. The summed E-state index contributed by atoms with van der Waals surface area (Å²) in [6, 6.07) is 15.6. The van der Waals surface area contributed by atoms with Gasteiger partial charge in [0.05, 0.1) is 5.69 Å². The highest BCUT2D eigenvalue weighted by Crippen LogP contribution is 2.41. The van der Waals surface area contributed by atoms with Crippen molar-refractivity contribution in [2.24, 2.45) is 0 Å². The molecule has 0 spiro atoms. The highest BCUT2D eigenvalue weighted by molar-refractivity contribution is 9.10. The Morgan fingerprint density at radius 2 is 1.79 bits per heavy atom. The monoisotopic (exact) mass is 401 g/mol. The van der Waals surface area contributed by atoms with E-state index >= 15 is 0 Å². The van der Waals surface area contributed by atoms with Crippen molar-refractivity contribution in [1.29, 1.82) is 0 Å². The van der Waals surface area contributed by atoms with Crippen LogP contribution in [0.5, 0.6) is 0 Å². The summed E-state index contributed by atoms with van der Waals surface area (Å²) in [7, 11) is 0. The Hall–Kier alpha value is -2.11. The van der Waals surface area contributed by atoms with Gasteiger partial charge in [-0.3, -0.25) is 9.89 Å². The zero-order chi connectivity index (χ0) is 16.7. The van der Waals surface area contributed by atoms with Gasteiger partial charge in [0.1, 0.15) is 0 Å². The molecule has 0 fully saturated rings. The topological polar surface area (TPSA) is 57.8 Å². The zero-order valence-electron chi connectivity index (χ0n) is 12.5. The van der Waals surface area contributed by atoms with Crippen molar-refractivity contribution in [2.45, 2.75) is 12.3 Å². The molecule has 0 saturated carbocycles. The molecule has 6 heteroatoms. The van der Waals surface area contributed by atoms with E-state index in [1.54, 1.807) is 0 Å². The number of aromatic amines is 1. The third-order valence-electron chi connectivity index (χ3n) is 4.21. The maximum Gasteiger partial charge on any atom is 0.226 e.